The van der Waals surface area contributed by atoms with Gasteiger partial charge in [0, 0.05) is 18.8 Å². The minimum Gasteiger partial charge on any atom is -0.489 e. The second-order valence-corrected chi connectivity index (χ2v) is 4.23. The van der Waals surface area contributed by atoms with Crippen molar-refractivity contribution in [2.75, 3.05) is 30.8 Å². The van der Waals surface area contributed by atoms with Crippen molar-refractivity contribution in [2.45, 2.75) is 18.9 Å². The number of nitrogens with zero attached hydrogens (tertiary/aromatic N) is 1. The summed E-state index contributed by atoms with van der Waals surface area (Å²) in [7, 11) is 2.10. The van der Waals surface area contributed by atoms with Crippen LogP contribution in [0.2, 0.25) is 0 Å². The van der Waals surface area contributed by atoms with E-state index in [0.717, 1.165) is 36.5 Å². The molecule has 88 valence electrons. The highest BCUT2D eigenvalue weighted by Crippen LogP contribution is 2.35. The van der Waals surface area contributed by atoms with Gasteiger partial charge < -0.3 is 21.1 Å². The molecule has 4 N–H and O–H groups in total. The SMILES string of the molecule is CN1c2ccc(N)cc2OCC1CCCN. The van der Waals surface area contributed by atoms with Gasteiger partial charge in [-0.1, -0.05) is 0 Å². The molecule has 0 saturated heterocycles. The first-order chi connectivity index (χ1) is 7.72. The molecule has 4 heteroatoms. The molecular weight excluding hydrogens is 202 g/mol. The van der Waals surface area contributed by atoms with Crippen LogP contribution in [0.1, 0.15) is 12.8 Å². The molecule has 0 radical (unpaired) electrons. The first-order valence-corrected chi connectivity index (χ1v) is 5.67. The highest BCUT2D eigenvalue weighted by atomic mass is 16.5. The fraction of sp³-hybridized carbons (Fsp3) is 0.500. The van der Waals surface area contributed by atoms with Gasteiger partial charge in [-0.3, -0.25) is 0 Å². The number of fused-ring (bicyclic) bond motifs is 1. The van der Waals surface area contributed by atoms with E-state index < -0.39 is 0 Å². The van der Waals surface area contributed by atoms with Crippen molar-refractivity contribution >= 4 is 11.4 Å². The maximum Gasteiger partial charge on any atom is 0.144 e. The molecule has 0 bridgehead atoms. The first kappa shape index (κ1) is 11.1. The zero-order chi connectivity index (χ0) is 11.5. The van der Waals surface area contributed by atoms with Gasteiger partial charge in [0.2, 0.25) is 0 Å². The molecule has 16 heavy (non-hydrogen) atoms. The lowest BCUT2D eigenvalue weighted by atomic mass is 10.1. The maximum absolute atomic E-state index is 5.73. The molecule has 4 nitrogen and oxygen atoms in total. The van der Waals surface area contributed by atoms with Gasteiger partial charge in [0.15, 0.2) is 0 Å². The predicted octanol–water partition coefficient (Wildman–Crippen LogP) is 1.20. The van der Waals surface area contributed by atoms with E-state index in [9.17, 15) is 0 Å². The Kier molecular flexibility index (Phi) is 3.19. The van der Waals surface area contributed by atoms with Crippen LogP contribution in [0, 0.1) is 0 Å². The standard InChI is InChI=1S/C12H19N3O/c1-15-10(3-2-6-13)8-16-12-7-9(14)4-5-11(12)15/h4-5,7,10H,2-3,6,8,13-14H2,1H3. The highest BCUT2D eigenvalue weighted by Gasteiger charge is 2.23. The van der Waals surface area contributed by atoms with Gasteiger partial charge in [-0.05, 0) is 31.5 Å². The van der Waals surface area contributed by atoms with Crippen molar-refractivity contribution in [2.24, 2.45) is 5.73 Å². The number of hydrogen-bond donors (Lipinski definition) is 2. The van der Waals surface area contributed by atoms with Crippen LogP contribution < -0.4 is 21.1 Å². The molecule has 1 aliphatic rings. The number of rotatable bonds is 3. The van der Waals surface area contributed by atoms with Crippen LogP contribution in [-0.4, -0.2) is 26.2 Å². The molecule has 0 amide bonds. The Balaban J connectivity index is 2.15. The van der Waals surface area contributed by atoms with Gasteiger partial charge in [0.1, 0.15) is 12.4 Å². The summed E-state index contributed by atoms with van der Waals surface area (Å²) in [5, 5.41) is 0. The topological polar surface area (TPSA) is 64.5 Å². The van der Waals surface area contributed by atoms with Crippen molar-refractivity contribution in [3.63, 3.8) is 0 Å². The van der Waals surface area contributed by atoms with Gasteiger partial charge in [-0.15, -0.1) is 0 Å². The Hall–Kier alpha value is -1.42. The van der Waals surface area contributed by atoms with E-state index in [0.29, 0.717) is 12.6 Å². The van der Waals surface area contributed by atoms with E-state index in [-0.39, 0.29) is 0 Å². The molecule has 1 aromatic carbocycles. The molecule has 1 heterocycles. The van der Waals surface area contributed by atoms with E-state index in [1.165, 1.54) is 0 Å². The van der Waals surface area contributed by atoms with Crippen LogP contribution in [0.4, 0.5) is 11.4 Å². The number of likely N-dealkylation sites (N-methyl/N-ethyl adjacent to an activating group) is 1. The minimum absolute atomic E-state index is 0.416. The van der Waals surface area contributed by atoms with Crippen LogP contribution in [-0.2, 0) is 0 Å². The predicted molar refractivity (Wildman–Crippen MR) is 66.8 cm³/mol. The molecule has 2 rings (SSSR count). The molecule has 0 aromatic heterocycles. The maximum atomic E-state index is 5.73. The van der Waals surface area contributed by atoms with Gasteiger partial charge in [-0.25, -0.2) is 0 Å². The Morgan fingerprint density at radius 2 is 2.31 bits per heavy atom. The Labute approximate surface area is 96.2 Å². The molecular formula is C12H19N3O. The van der Waals surface area contributed by atoms with Crippen molar-refractivity contribution in [1.82, 2.24) is 0 Å². The van der Waals surface area contributed by atoms with Gasteiger partial charge >= 0.3 is 0 Å². The summed E-state index contributed by atoms with van der Waals surface area (Å²) in [6, 6.07) is 6.22. The van der Waals surface area contributed by atoms with E-state index in [1.807, 2.05) is 18.2 Å². The number of ether oxygens (including phenoxy) is 1. The number of anilines is 2. The van der Waals surface area contributed by atoms with E-state index in [2.05, 4.69) is 11.9 Å². The van der Waals surface area contributed by atoms with Crippen LogP contribution in [0.5, 0.6) is 5.75 Å². The monoisotopic (exact) mass is 221 g/mol. The summed E-state index contributed by atoms with van der Waals surface area (Å²) in [6.07, 6.45) is 2.10. The fourth-order valence-electron chi connectivity index (χ4n) is 2.06. The molecule has 1 aromatic rings. The van der Waals surface area contributed by atoms with E-state index in [4.69, 9.17) is 16.2 Å². The molecule has 1 unspecified atom stereocenters. The quantitative estimate of drug-likeness (QED) is 0.753. The molecule has 1 atom stereocenters. The van der Waals surface area contributed by atoms with Crippen LogP contribution in [0.3, 0.4) is 0 Å². The largest absolute Gasteiger partial charge is 0.489 e. The van der Waals surface area contributed by atoms with E-state index >= 15 is 0 Å². The molecule has 0 spiro atoms. The zero-order valence-electron chi connectivity index (χ0n) is 9.65. The third-order valence-corrected chi connectivity index (χ3v) is 3.08. The number of nitrogens with two attached hydrogens (primary N) is 2. The van der Waals surface area contributed by atoms with Gasteiger partial charge in [0.25, 0.3) is 0 Å². The first-order valence-electron chi connectivity index (χ1n) is 5.67. The normalized spacial score (nSPS) is 19.1. The minimum atomic E-state index is 0.416. The lowest BCUT2D eigenvalue weighted by Gasteiger charge is -2.36. The molecule has 1 aliphatic heterocycles. The van der Waals surface area contributed by atoms with Crippen molar-refractivity contribution in [3.05, 3.63) is 18.2 Å². The third kappa shape index (κ3) is 2.07. The van der Waals surface area contributed by atoms with Gasteiger partial charge in [-0.2, -0.15) is 0 Å². The summed E-state index contributed by atoms with van der Waals surface area (Å²) < 4.78 is 5.72. The van der Waals surface area contributed by atoms with Crippen molar-refractivity contribution < 1.29 is 4.74 Å². The van der Waals surface area contributed by atoms with Crippen LogP contribution in [0.15, 0.2) is 18.2 Å². The lowest BCUT2D eigenvalue weighted by Crippen LogP contribution is -2.40. The van der Waals surface area contributed by atoms with Crippen molar-refractivity contribution in [1.29, 1.82) is 0 Å². The number of benzene rings is 1. The van der Waals surface area contributed by atoms with Crippen LogP contribution >= 0.6 is 0 Å². The number of nitrogen functional groups attached to an aromatic ring is 1. The van der Waals surface area contributed by atoms with Crippen molar-refractivity contribution in [3.8, 4) is 5.75 Å². The Morgan fingerprint density at radius 3 is 3.06 bits per heavy atom. The van der Waals surface area contributed by atoms with Gasteiger partial charge in [0.05, 0.1) is 11.7 Å². The summed E-state index contributed by atoms with van der Waals surface area (Å²) in [4.78, 5) is 2.26. The molecule has 0 fully saturated rings. The summed E-state index contributed by atoms with van der Waals surface area (Å²) >= 11 is 0. The smallest absolute Gasteiger partial charge is 0.144 e. The molecule has 0 aliphatic carbocycles. The second kappa shape index (κ2) is 4.61. The average Bonchev–Trinajstić information content (AvgIpc) is 2.28. The zero-order valence-corrected chi connectivity index (χ0v) is 9.65. The molecule has 0 saturated carbocycles. The lowest BCUT2D eigenvalue weighted by molar-refractivity contribution is 0.259. The third-order valence-electron chi connectivity index (χ3n) is 3.08. The summed E-state index contributed by atoms with van der Waals surface area (Å²) in [6.45, 7) is 1.45. The number of hydrogen-bond acceptors (Lipinski definition) is 4. The van der Waals surface area contributed by atoms with Crippen LogP contribution in [0.25, 0.3) is 0 Å². The Bertz CT molecular complexity index is 367. The average molecular weight is 221 g/mol. The fourth-order valence-corrected chi connectivity index (χ4v) is 2.06. The Morgan fingerprint density at radius 1 is 1.50 bits per heavy atom. The second-order valence-electron chi connectivity index (χ2n) is 4.23. The summed E-state index contributed by atoms with van der Waals surface area (Å²) in [5.74, 6) is 0.881. The summed E-state index contributed by atoms with van der Waals surface area (Å²) in [5.41, 5.74) is 13.1. The highest BCUT2D eigenvalue weighted by molar-refractivity contribution is 5.65. The van der Waals surface area contributed by atoms with E-state index in [1.54, 1.807) is 0 Å².